The molecule has 0 radical (unpaired) electrons. The van der Waals surface area contributed by atoms with E-state index in [2.05, 4.69) is 471 Å². The molecule has 4 N–H and O–H groups in total. The van der Waals surface area contributed by atoms with E-state index in [1.807, 2.05) is 0 Å². The zero-order valence-electron chi connectivity index (χ0n) is 63.0. The number of aromatic nitrogens is 2. The van der Waals surface area contributed by atoms with Crippen LogP contribution in [0.3, 0.4) is 0 Å². The SMILES string of the molecule is C1=CCC(N(c2ccc(Nc3ccc(Cc4ccc(Nc5ccc(N(c6ccccc6)c6cccc7ccccc67)cc5)cc4)cc3)cc2)c2cccc3ccccc23)C=C1.c1ccc(-n2c3ccccc3c3cc(Nc4ccc(Cc5ccc(Nc6ccc7c(c6)c6ccccc6n7-c6ccccc6)cc5)cc4)ccc32)cc1. The molecule has 1 unspecified atom stereocenters. The lowest BCUT2D eigenvalue weighted by Crippen LogP contribution is -2.29. The number of benzene rings is 17. The predicted octanol–water partition coefficient (Wildman–Crippen LogP) is 28.5. The number of hydrogen-bond acceptors (Lipinski definition) is 6. The van der Waals surface area contributed by atoms with Gasteiger partial charge in [-0.1, -0.05) is 237 Å². The van der Waals surface area contributed by atoms with Crippen LogP contribution in [0.25, 0.3) is 76.5 Å². The second-order valence-electron chi connectivity index (χ2n) is 29.2. The number of anilines is 13. The molecule has 0 amide bonds. The molecule has 0 bridgehead atoms. The van der Waals surface area contributed by atoms with Gasteiger partial charge in [-0.2, -0.15) is 0 Å². The molecule has 1 aliphatic rings. The Labute approximate surface area is 664 Å². The van der Waals surface area contributed by atoms with Gasteiger partial charge < -0.3 is 40.2 Å². The highest BCUT2D eigenvalue weighted by Gasteiger charge is 2.23. The Hall–Kier alpha value is -14.9. The monoisotopic (exact) mass is 1470 g/mol. The highest BCUT2D eigenvalue weighted by molar-refractivity contribution is 6.12. The van der Waals surface area contributed by atoms with Gasteiger partial charge in [-0.25, -0.2) is 0 Å². The zero-order chi connectivity index (χ0) is 75.9. The van der Waals surface area contributed by atoms with Gasteiger partial charge in [-0.3, -0.25) is 0 Å². The first-order valence-corrected chi connectivity index (χ1v) is 39.2. The number of nitrogens with zero attached hydrogens (tertiary/aromatic N) is 4. The van der Waals surface area contributed by atoms with Crippen molar-refractivity contribution in [2.75, 3.05) is 31.1 Å². The first-order valence-electron chi connectivity index (χ1n) is 39.2. The van der Waals surface area contributed by atoms with Crippen molar-refractivity contribution in [1.29, 1.82) is 0 Å². The lowest BCUT2D eigenvalue weighted by molar-refractivity contribution is 0.787. The number of nitrogens with one attached hydrogen (secondary N) is 4. The molecule has 19 aromatic rings. The Morgan fingerprint density at radius 1 is 0.254 bits per heavy atom. The summed E-state index contributed by atoms with van der Waals surface area (Å²) in [6.07, 6.45) is 11.5. The van der Waals surface area contributed by atoms with Gasteiger partial charge in [0.1, 0.15) is 0 Å². The fourth-order valence-corrected chi connectivity index (χ4v) is 16.3. The van der Waals surface area contributed by atoms with Gasteiger partial charge in [0, 0.05) is 112 Å². The van der Waals surface area contributed by atoms with Crippen molar-refractivity contribution < 1.29 is 0 Å². The predicted molar refractivity (Wildman–Crippen MR) is 484 cm³/mol. The normalized spacial score (nSPS) is 12.4. The van der Waals surface area contributed by atoms with Crippen molar-refractivity contribution in [3.63, 3.8) is 0 Å². The van der Waals surface area contributed by atoms with Crippen LogP contribution in [-0.4, -0.2) is 15.2 Å². The van der Waals surface area contributed by atoms with Gasteiger partial charge >= 0.3 is 0 Å². The standard InChI is InChI=1S/C57H46N4.C49H36N4/c1-3-17-50(18-4-1)60(56-23-11-15-44-13-7-9-21-54(44)56)52-37-33-48(34-38-52)58-46-29-25-42(26-30-46)41-43-27-31-47(32-28-43)59-49-35-39-53(40-36-49)61(51-19-5-2-6-20-51)57-24-12-16-45-14-8-10-22-55(45)57;1-3-11-40(12-4-1)52-46-17-9-7-15-42(46)44-32-38(27-29-48(44)52)50-36-23-19-34(20-24-36)31-35-21-25-37(26-22-35)51-39-28-30-49-45(33-39)43-16-8-10-18-47(43)53(49)41-13-5-2-6-14-41/h1-19,21-40,51,58-59H,20,41H2;1-30,32-33,50-51H,31H2. The number of allylic oxidation sites excluding steroid dienone is 2. The van der Waals surface area contributed by atoms with Crippen LogP contribution in [0.2, 0.25) is 0 Å². The molecule has 8 nitrogen and oxygen atoms in total. The van der Waals surface area contributed by atoms with Gasteiger partial charge in [0.25, 0.3) is 0 Å². The van der Waals surface area contributed by atoms with Crippen LogP contribution in [0.1, 0.15) is 28.7 Å². The summed E-state index contributed by atoms with van der Waals surface area (Å²) in [5.41, 5.74) is 26.6. The molecule has 2 aromatic heterocycles. The van der Waals surface area contributed by atoms with E-state index in [1.165, 1.54) is 110 Å². The van der Waals surface area contributed by atoms with Crippen LogP contribution in [0.15, 0.2) is 431 Å². The van der Waals surface area contributed by atoms with Crippen LogP contribution in [0.5, 0.6) is 0 Å². The Morgan fingerprint density at radius 3 is 1.03 bits per heavy atom. The molecule has 20 rings (SSSR count). The lowest BCUT2D eigenvalue weighted by Gasteiger charge is -2.33. The largest absolute Gasteiger partial charge is 0.356 e. The highest BCUT2D eigenvalue weighted by atomic mass is 15.2. The minimum absolute atomic E-state index is 0.242. The summed E-state index contributed by atoms with van der Waals surface area (Å²) in [7, 11) is 0. The fourth-order valence-electron chi connectivity index (χ4n) is 16.3. The van der Waals surface area contributed by atoms with Crippen molar-refractivity contribution in [1.82, 2.24) is 9.13 Å². The molecule has 0 aliphatic heterocycles. The summed E-state index contributed by atoms with van der Waals surface area (Å²) < 4.78 is 4.69. The molecule has 0 saturated heterocycles. The maximum absolute atomic E-state index is 3.64. The molecule has 114 heavy (non-hydrogen) atoms. The summed E-state index contributed by atoms with van der Waals surface area (Å²) in [6, 6.07) is 145. The van der Waals surface area contributed by atoms with E-state index >= 15 is 0 Å². The maximum atomic E-state index is 3.64. The highest BCUT2D eigenvalue weighted by Crippen LogP contribution is 2.42. The quantitative estimate of drug-likeness (QED) is 0.0610. The molecule has 1 atom stereocenters. The van der Waals surface area contributed by atoms with Gasteiger partial charge in [0.15, 0.2) is 0 Å². The van der Waals surface area contributed by atoms with Crippen molar-refractivity contribution in [2.45, 2.75) is 25.3 Å². The molecule has 0 fully saturated rings. The number of fused-ring (bicyclic) bond motifs is 8. The fraction of sp³-hybridized carbons (Fsp3) is 0.0377. The summed E-state index contributed by atoms with van der Waals surface area (Å²) >= 11 is 0. The van der Waals surface area contributed by atoms with Gasteiger partial charge in [0.05, 0.1) is 33.8 Å². The van der Waals surface area contributed by atoms with Crippen LogP contribution in [0.4, 0.5) is 73.9 Å². The molecule has 0 saturated carbocycles. The Bertz CT molecular complexity index is 6440. The Morgan fingerprint density at radius 2 is 0.588 bits per heavy atom. The second kappa shape index (κ2) is 31.6. The Balaban J connectivity index is 0.000000154. The van der Waals surface area contributed by atoms with E-state index in [4.69, 9.17) is 0 Å². The van der Waals surface area contributed by atoms with Crippen molar-refractivity contribution in [3.05, 3.63) is 453 Å². The molecule has 546 valence electrons. The molecular weight excluding hydrogens is 1390 g/mol. The van der Waals surface area contributed by atoms with Crippen molar-refractivity contribution in [2.24, 2.45) is 0 Å². The summed E-state index contributed by atoms with van der Waals surface area (Å²) in [4.78, 5) is 4.80. The molecule has 0 spiro atoms. The van der Waals surface area contributed by atoms with E-state index in [0.717, 1.165) is 81.8 Å². The minimum Gasteiger partial charge on any atom is -0.356 e. The maximum Gasteiger partial charge on any atom is 0.0560 e. The van der Waals surface area contributed by atoms with E-state index in [-0.39, 0.29) is 6.04 Å². The average molecular weight is 1470 g/mol. The lowest BCUT2D eigenvalue weighted by atomic mass is 10.0. The second-order valence-corrected chi connectivity index (χ2v) is 29.2. The molecule has 17 aromatic carbocycles. The first-order chi connectivity index (χ1) is 56.5. The minimum atomic E-state index is 0.242. The third kappa shape index (κ3) is 14.7. The number of para-hydroxylation sites is 5. The first kappa shape index (κ1) is 69.6. The van der Waals surface area contributed by atoms with E-state index in [9.17, 15) is 0 Å². The van der Waals surface area contributed by atoms with E-state index in [0.29, 0.717) is 0 Å². The van der Waals surface area contributed by atoms with E-state index < -0.39 is 0 Å². The third-order valence-corrected chi connectivity index (χ3v) is 21.8. The van der Waals surface area contributed by atoms with Crippen LogP contribution < -0.4 is 31.1 Å². The van der Waals surface area contributed by atoms with Crippen LogP contribution in [0, 0.1) is 0 Å². The van der Waals surface area contributed by atoms with Crippen molar-refractivity contribution in [3.8, 4) is 11.4 Å². The van der Waals surface area contributed by atoms with E-state index in [1.54, 1.807) is 0 Å². The summed E-state index contributed by atoms with van der Waals surface area (Å²) in [5, 5.41) is 24.4. The zero-order valence-corrected chi connectivity index (χ0v) is 63.0. The number of hydrogen-bond donors (Lipinski definition) is 4. The smallest absolute Gasteiger partial charge is 0.0560 e. The summed E-state index contributed by atoms with van der Waals surface area (Å²) in [6.45, 7) is 0. The van der Waals surface area contributed by atoms with Crippen LogP contribution in [-0.2, 0) is 12.8 Å². The Kier molecular flexibility index (Phi) is 19.3. The average Bonchev–Trinajstić information content (AvgIpc) is 1.68. The van der Waals surface area contributed by atoms with Gasteiger partial charge in [-0.15, -0.1) is 0 Å². The van der Waals surface area contributed by atoms with Crippen molar-refractivity contribution >= 4 is 139 Å². The molecule has 8 heteroatoms. The van der Waals surface area contributed by atoms with Gasteiger partial charge in [-0.05, 0) is 246 Å². The molecular formula is C106H82N8. The summed E-state index contributed by atoms with van der Waals surface area (Å²) in [5.74, 6) is 0. The topological polar surface area (TPSA) is 64.5 Å². The third-order valence-electron chi connectivity index (χ3n) is 21.8. The van der Waals surface area contributed by atoms with Gasteiger partial charge in [0.2, 0.25) is 0 Å². The molecule has 1 aliphatic carbocycles. The molecule has 2 heterocycles. The number of rotatable bonds is 20. The van der Waals surface area contributed by atoms with Crippen LogP contribution >= 0.6 is 0 Å².